The molecule has 2 heterocycles. The third kappa shape index (κ3) is 4.56. The molecular weight excluding hydrogens is 308 g/mol. The first-order valence-corrected chi connectivity index (χ1v) is 8.80. The van der Waals surface area contributed by atoms with E-state index in [2.05, 4.69) is 15.7 Å². The number of carbonyl (C=O) groups excluding carboxylic acids is 2. The summed E-state index contributed by atoms with van der Waals surface area (Å²) in [5, 5.41) is 10.5. The van der Waals surface area contributed by atoms with Crippen molar-refractivity contribution >= 4 is 11.9 Å². The van der Waals surface area contributed by atoms with Crippen molar-refractivity contribution in [2.24, 2.45) is 5.92 Å². The molecular formula is C17H28N4O3. The van der Waals surface area contributed by atoms with Crippen LogP contribution in [0, 0.1) is 5.92 Å². The molecule has 1 amide bonds. The van der Waals surface area contributed by atoms with Crippen LogP contribution < -0.4 is 10.6 Å². The molecule has 1 aliphatic heterocycles. The Hall–Kier alpha value is -1.89. The van der Waals surface area contributed by atoms with Crippen LogP contribution in [-0.4, -0.2) is 47.4 Å². The quantitative estimate of drug-likeness (QED) is 0.737. The monoisotopic (exact) mass is 336 g/mol. The van der Waals surface area contributed by atoms with Crippen LogP contribution in [-0.2, 0) is 9.53 Å². The molecule has 3 atom stereocenters. The minimum Gasteiger partial charge on any atom is -0.464 e. The van der Waals surface area contributed by atoms with Crippen LogP contribution in [0.25, 0.3) is 0 Å². The van der Waals surface area contributed by atoms with Crippen molar-refractivity contribution in [2.75, 3.05) is 19.7 Å². The first-order chi connectivity index (χ1) is 11.6. The second kappa shape index (κ2) is 8.82. The number of aromatic nitrogens is 2. The second-order valence-corrected chi connectivity index (χ2v) is 6.27. The summed E-state index contributed by atoms with van der Waals surface area (Å²) in [6, 6.07) is 1.32. The fourth-order valence-corrected chi connectivity index (χ4v) is 2.84. The topological polar surface area (TPSA) is 85.2 Å². The Kier molecular flexibility index (Phi) is 6.78. The highest BCUT2D eigenvalue weighted by molar-refractivity contribution is 5.95. The van der Waals surface area contributed by atoms with E-state index in [9.17, 15) is 9.59 Å². The Morgan fingerprint density at radius 2 is 2.29 bits per heavy atom. The molecule has 0 bridgehead atoms. The normalized spacial score (nSPS) is 20.2. The zero-order valence-electron chi connectivity index (χ0n) is 14.7. The van der Waals surface area contributed by atoms with Gasteiger partial charge in [0.15, 0.2) is 0 Å². The summed E-state index contributed by atoms with van der Waals surface area (Å²) in [4.78, 5) is 24.6. The third-order valence-electron chi connectivity index (χ3n) is 4.53. The number of piperidine rings is 1. The highest BCUT2D eigenvalue weighted by Gasteiger charge is 2.28. The van der Waals surface area contributed by atoms with Gasteiger partial charge in [0.25, 0.3) is 5.91 Å². The predicted octanol–water partition coefficient (Wildman–Crippen LogP) is 1.52. The minimum atomic E-state index is -0.649. The molecule has 7 nitrogen and oxygen atoms in total. The summed E-state index contributed by atoms with van der Waals surface area (Å²) in [5.74, 6) is -0.732. The first kappa shape index (κ1) is 18.4. The van der Waals surface area contributed by atoms with Gasteiger partial charge in [-0.2, -0.15) is 5.10 Å². The number of nitrogens with zero attached hydrogens (tertiary/aromatic N) is 2. The van der Waals surface area contributed by atoms with E-state index in [1.54, 1.807) is 13.0 Å². The molecule has 1 aliphatic rings. The van der Waals surface area contributed by atoms with E-state index in [1.165, 1.54) is 0 Å². The summed E-state index contributed by atoms with van der Waals surface area (Å²) in [6.07, 6.45) is 4.75. The van der Waals surface area contributed by atoms with Crippen molar-refractivity contribution in [3.8, 4) is 0 Å². The van der Waals surface area contributed by atoms with Crippen molar-refractivity contribution in [1.29, 1.82) is 0 Å². The zero-order valence-corrected chi connectivity index (χ0v) is 14.7. The van der Waals surface area contributed by atoms with Gasteiger partial charge in [0.1, 0.15) is 11.7 Å². The zero-order chi connectivity index (χ0) is 17.5. The van der Waals surface area contributed by atoms with Gasteiger partial charge in [-0.05, 0) is 38.3 Å². The van der Waals surface area contributed by atoms with Crippen LogP contribution in [0.5, 0.6) is 0 Å². The van der Waals surface area contributed by atoms with Crippen molar-refractivity contribution in [3.63, 3.8) is 0 Å². The highest BCUT2D eigenvalue weighted by Crippen LogP contribution is 2.16. The fraction of sp³-hybridized carbons (Fsp3) is 0.706. The van der Waals surface area contributed by atoms with Gasteiger partial charge in [0.05, 0.1) is 12.6 Å². The lowest BCUT2D eigenvalue weighted by molar-refractivity contribution is -0.146. The lowest BCUT2D eigenvalue weighted by Crippen LogP contribution is -2.46. The second-order valence-electron chi connectivity index (χ2n) is 6.27. The molecule has 0 spiro atoms. The van der Waals surface area contributed by atoms with Gasteiger partial charge in [0, 0.05) is 12.7 Å². The predicted molar refractivity (Wildman–Crippen MR) is 90.7 cm³/mol. The number of carbonyl (C=O) groups is 2. The number of hydrogen-bond acceptors (Lipinski definition) is 5. The van der Waals surface area contributed by atoms with Crippen molar-refractivity contribution in [2.45, 2.75) is 52.1 Å². The van der Waals surface area contributed by atoms with Gasteiger partial charge in [-0.25, -0.2) is 4.79 Å². The summed E-state index contributed by atoms with van der Waals surface area (Å²) < 4.78 is 6.91. The molecule has 0 saturated carbocycles. The maximum Gasteiger partial charge on any atom is 0.328 e. The molecule has 7 heteroatoms. The number of nitrogens with one attached hydrogen (secondary N) is 2. The van der Waals surface area contributed by atoms with E-state index in [1.807, 2.05) is 24.7 Å². The van der Waals surface area contributed by atoms with Gasteiger partial charge in [0.2, 0.25) is 0 Å². The number of esters is 1. The molecule has 2 N–H and O–H groups in total. The molecule has 1 fully saturated rings. The number of ether oxygens (including phenoxy) is 1. The molecule has 0 radical (unpaired) electrons. The number of rotatable bonds is 7. The van der Waals surface area contributed by atoms with E-state index in [0.29, 0.717) is 12.3 Å². The number of amides is 1. The van der Waals surface area contributed by atoms with Crippen LogP contribution in [0.3, 0.4) is 0 Å². The molecule has 134 valence electrons. The molecule has 3 unspecified atom stereocenters. The Bertz CT molecular complexity index is 552. The Labute approximate surface area is 143 Å². The molecule has 1 aromatic heterocycles. The minimum absolute atomic E-state index is 0.00219. The summed E-state index contributed by atoms with van der Waals surface area (Å²) in [5.41, 5.74) is 0.332. The fourth-order valence-electron chi connectivity index (χ4n) is 2.84. The summed E-state index contributed by atoms with van der Waals surface area (Å²) in [6.45, 7) is 7.85. The van der Waals surface area contributed by atoms with E-state index in [0.717, 1.165) is 32.4 Å². The smallest absolute Gasteiger partial charge is 0.328 e. The summed E-state index contributed by atoms with van der Waals surface area (Å²) in [7, 11) is 0. The van der Waals surface area contributed by atoms with Crippen LogP contribution in [0.4, 0.5) is 0 Å². The Morgan fingerprint density at radius 3 is 2.92 bits per heavy atom. The molecule has 0 aliphatic carbocycles. The van der Waals surface area contributed by atoms with E-state index in [4.69, 9.17) is 4.74 Å². The third-order valence-corrected chi connectivity index (χ3v) is 4.53. The van der Waals surface area contributed by atoms with Gasteiger partial charge < -0.3 is 15.4 Å². The first-order valence-electron chi connectivity index (χ1n) is 8.80. The van der Waals surface area contributed by atoms with Crippen LogP contribution in [0.1, 0.15) is 56.6 Å². The van der Waals surface area contributed by atoms with E-state index in [-0.39, 0.29) is 17.9 Å². The summed E-state index contributed by atoms with van der Waals surface area (Å²) >= 11 is 0. The van der Waals surface area contributed by atoms with Gasteiger partial charge in [-0.1, -0.05) is 20.3 Å². The Balaban J connectivity index is 2.03. The van der Waals surface area contributed by atoms with Crippen LogP contribution >= 0.6 is 0 Å². The SMILES string of the molecule is CCOC(=O)C(NC(=O)c1ccn(C2CCCNC2)n1)C(C)CC. The number of hydrogen-bond donors (Lipinski definition) is 2. The largest absolute Gasteiger partial charge is 0.464 e. The maximum absolute atomic E-state index is 12.5. The molecule has 0 aromatic carbocycles. The van der Waals surface area contributed by atoms with E-state index >= 15 is 0 Å². The van der Waals surface area contributed by atoms with Crippen molar-refractivity contribution < 1.29 is 14.3 Å². The van der Waals surface area contributed by atoms with Gasteiger partial charge in [-0.3, -0.25) is 9.48 Å². The lowest BCUT2D eigenvalue weighted by atomic mass is 9.99. The van der Waals surface area contributed by atoms with Gasteiger partial charge in [-0.15, -0.1) is 0 Å². The maximum atomic E-state index is 12.5. The van der Waals surface area contributed by atoms with Crippen molar-refractivity contribution in [1.82, 2.24) is 20.4 Å². The van der Waals surface area contributed by atoms with E-state index < -0.39 is 12.0 Å². The van der Waals surface area contributed by atoms with Crippen molar-refractivity contribution in [3.05, 3.63) is 18.0 Å². The molecule has 24 heavy (non-hydrogen) atoms. The highest BCUT2D eigenvalue weighted by atomic mass is 16.5. The van der Waals surface area contributed by atoms with Gasteiger partial charge >= 0.3 is 5.97 Å². The van der Waals surface area contributed by atoms with Crippen LogP contribution in [0.15, 0.2) is 12.3 Å². The molecule has 2 rings (SSSR count). The lowest BCUT2D eigenvalue weighted by Gasteiger charge is -2.23. The molecule has 1 saturated heterocycles. The standard InChI is InChI=1S/C17H28N4O3/c1-4-12(3)15(17(23)24-5-2)19-16(22)14-8-10-21(20-14)13-7-6-9-18-11-13/h8,10,12-13,15,18H,4-7,9,11H2,1-3H3,(H,19,22). The van der Waals surface area contributed by atoms with Crippen LogP contribution in [0.2, 0.25) is 0 Å². The Morgan fingerprint density at radius 1 is 1.50 bits per heavy atom. The molecule has 1 aromatic rings. The average molecular weight is 336 g/mol. The average Bonchev–Trinajstić information content (AvgIpc) is 3.10.